The standard InChI is InChI=1S/C27H30BF4NO5/c1-25(2)26(3,4)38-28(37-25)17-11-8-15(9-12-17)18-6-5-7-19(22(18)24(35)36)23(34)33-21-13-10-16(14-20(21)29)27(30,31)32/h8-14,18-19,22H,5-7H2,1-4H3,(H,33,34)(H,35,36)/t18-,19?,22?/m1/s1. The van der Waals surface area contributed by atoms with Gasteiger partial charge in [-0.25, -0.2) is 4.39 Å². The van der Waals surface area contributed by atoms with E-state index in [4.69, 9.17) is 9.31 Å². The maximum Gasteiger partial charge on any atom is 0.494 e. The number of nitrogens with one attached hydrogen (secondary N) is 1. The van der Waals surface area contributed by atoms with Crippen molar-refractivity contribution in [3.8, 4) is 0 Å². The van der Waals surface area contributed by atoms with Gasteiger partial charge in [-0.15, -0.1) is 0 Å². The van der Waals surface area contributed by atoms with Crippen LogP contribution in [0.25, 0.3) is 0 Å². The second kappa shape index (κ2) is 10.00. The van der Waals surface area contributed by atoms with Crippen LogP contribution in [0.4, 0.5) is 23.2 Å². The number of amides is 1. The first-order valence-electron chi connectivity index (χ1n) is 12.5. The van der Waals surface area contributed by atoms with Crippen LogP contribution in [0, 0.1) is 17.7 Å². The second-order valence-electron chi connectivity index (χ2n) is 10.9. The van der Waals surface area contributed by atoms with Gasteiger partial charge < -0.3 is 19.7 Å². The number of carbonyl (C=O) groups is 2. The summed E-state index contributed by atoms with van der Waals surface area (Å²) in [6.45, 7) is 7.79. The van der Waals surface area contributed by atoms with Crippen molar-refractivity contribution in [2.24, 2.45) is 11.8 Å². The number of hydrogen-bond donors (Lipinski definition) is 2. The first kappa shape index (κ1) is 28.1. The van der Waals surface area contributed by atoms with E-state index in [1.165, 1.54) is 0 Å². The molecule has 0 aromatic heterocycles. The van der Waals surface area contributed by atoms with Gasteiger partial charge in [-0.1, -0.05) is 30.7 Å². The lowest BCUT2D eigenvalue weighted by Crippen LogP contribution is -2.41. The highest BCUT2D eigenvalue weighted by Gasteiger charge is 2.52. The fourth-order valence-corrected chi connectivity index (χ4v) is 5.11. The zero-order valence-corrected chi connectivity index (χ0v) is 21.6. The van der Waals surface area contributed by atoms with Gasteiger partial charge in [-0.2, -0.15) is 13.2 Å². The van der Waals surface area contributed by atoms with Crippen LogP contribution in [0.2, 0.25) is 0 Å². The van der Waals surface area contributed by atoms with Gasteiger partial charge >= 0.3 is 19.3 Å². The van der Waals surface area contributed by atoms with Gasteiger partial charge in [0.05, 0.1) is 34.3 Å². The molecule has 4 rings (SSSR count). The number of hydrogen-bond acceptors (Lipinski definition) is 4. The predicted octanol–water partition coefficient (Wildman–Crippen LogP) is 5.37. The molecule has 1 amide bonds. The van der Waals surface area contributed by atoms with E-state index in [2.05, 4.69) is 5.32 Å². The van der Waals surface area contributed by atoms with Crippen molar-refractivity contribution in [3.63, 3.8) is 0 Å². The van der Waals surface area contributed by atoms with E-state index < -0.39 is 71.2 Å². The summed E-state index contributed by atoms with van der Waals surface area (Å²) in [7, 11) is -0.576. The molecule has 3 atom stereocenters. The molecule has 1 heterocycles. The molecule has 2 aliphatic rings. The topological polar surface area (TPSA) is 84.9 Å². The van der Waals surface area contributed by atoms with Crippen molar-refractivity contribution in [3.05, 3.63) is 59.4 Å². The zero-order valence-electron chi connectivity index (χ0n) is 21.6. The van der Waals surface area contributed by atoms with Gasteiger partial charge in [0.1, 0.15) is 5.82 Å². The van der Waals surface area contributed by atoms with Crippen LogP contribution in [-0.4, -0.2) is 35.3 Å². The summed E-state index contributed by atoms with van der Waals surface area (Å²) < 4.78 is 65.0. The summed E-state index contributed by atoms with van der Waals surface area (Å²) in [6.07, 6.45) is -3.38. The van der Waals surface area contributed by atoms with Gasteiger partial charge in [0.25, 0.3) is 0 Å². The Labute approximate surface area is 218 Å². The van der Waals surface area contributed by atoms with Crippen LogP contribution in [0.15, 0.2) is 42.5 Å². The van der Waals surface area contributed by atoms with E-state index >= 15 is 0 Å². The van der Waals surface area contributed by atoms with Crippen LogP contribution in [-0.2, 0) is 25.1 Å². The molecule has 38 heavy (non-hydrogen) atoms. The Hall–Kier alpha value is -2.92. The molecule has 204 valence electrons. The van der Waals surface area contributed by atoms with Gasteiger partial charge in [0.15, 0.2) is 0 Å². The highest BCUT2D eigenvalue weighted by atomic mass is 19.4. The number of rotatable bonds is 5. The maximum atomic E-state index is 14.3. The average molecular weight is 535 g/mol. The van der Waals surface area contributed by atoms with Gasteiger partial charge in [-0.3, -0.25) is 9.59 Å². The number of carboxylic acid groups (broad SMARTS) is 1. The molecule has 2 fully saturated rings. The third-order valence-corrected chi connectivity index (χ3v) is 7.96. The molecular formula is C27H30BF4NO5. The van der Waals surface area contributed by atoms with E-state index in [9.17, 15) is 32.3 Å². The Bertz CT molecular complexity index is 1200. The van der Waals surface area contributed by atoms with Crippen LogP contribution in [0.5, 0.6) is 0 Å². The fraction of sp³-hybridized carbons (Fsp3) is 0.481. The SMILES string of the molecule is CC1(C)OB(c2ccc([C@H]3CCCC(C(=O)Nc4ccc(C(F)(F)F)cc4F)C3C(=O)O)cc2)OC1(C)C. The van der Waals surface area contributed by atoms with Crippen molar-refractivity contribution in [2.45, 2.75) is 70.3 Å². The van der Waals surface area contributed by atoms with Crippen LogP contribution in [0.3, 0.4) is 0 Å². The molecule has 1 saturated heterocycles. The summed E-state index contributed by atoms with van der Waals surface area (Å²) in [5.74, 6) is -5.72. The minimum Gasteiger partial charge on any atom is -0.481 e. The third-order valence-electron chi connectivity index (χ3n) is 7.96. The molecule has 6 nitrogen and oxygen atoms in total. The first-order chi connectivity index (χ1) is 17.6. The lowest BCUT2D eigenvalue weighted by molar-refractivity contribution is -0.148. The smallest absolute Gasteiger partial charge is 0.481 e. The normalized spacial score (nSPS) is 24.7. The van der Waals surface area contributed by atoms with E-state index in [1.54, 1.807) is 12.1 Å². The number of anilines is 1. The highest BCUT2D eigenvalue weighted by Crippen LogP contribution is 2.43. The molecule has 0 spiro atoms. The van der Waals surface area contributed by atoms with Crippen LogP contribution in [0.1, 0.15) is 64.0 Å². The molecule has 1 aliphatic heterocycles. The Morgan fingerprint density at radius 3 is 2.13 bits per heavy atom. The van der Waals surface area contributed by atoms with Crippen molar-refractivity contribution in [2.75, 3.05) is 5.32 Å². The quantitative estimate of drug-likeness (QED) is 0.398. The monoisotopic (exact) mass is 535 g/mol. The maximum absolute atomic E-state index is 14.3. The molecule has 2 aromatic rings. The molecule has 1 saturated carbocycles. The number of carbonyl (C=O) groups excluding carboxylic acids is 1. The highest BCUT2D eigenvalue weighted by molar-refractivity contribution is 6.62. The number of aliphatic carboxylic acids is 1. The number of alkyl halides is 3. The Balaban J connectivity index is 1.52. The van der Waals surface area contributed by atoms with Crippen molar-refractivity contribution in [1.82, 2.24) is 0 Å². The largest absolute Gasteiger partial charge is 0.494 e. The van der Waals surface area contributed by atoms with E-state index in [-0.39, 0.29) is 6.42 Å². The molecule has 11 heteroatoms. The molecule has 2 N–H and O–H groups in total. The van der Waals surface area contributed by atoms with Crippen LogP contribution < -0.4 is 10.8 Å². The van der Waals surface area contributed by atoms with Gasteiger partial charge in [-0.05, 0) is 75.7 Å². The van der Waals surface area contributed by atoms with E-state index in [1.807, 2.05) is 39.8 Å². The Morgan fingerprint density at radius 2 is 1.61 bits per heavy atom. The first-order valence-corrected chi connectivity index (χ1v) is 12.5. The van der Waals surface area contributed by atoms with Gasteiger partial charge in [0, 0.05) is 0 Å². The van der Waals surface area contributed by atoms with Crippen molar-refractivity contribution >= 4 is 30.1 Å². The third kappa shape index (κ3) is 5.45. The van der Waals surface area contributed by atoms with Crippen molar-refractivity contribution < 1.29 is 41.6 Å². The van der Waals surface area contributed by atoms with E-state index in [0.717, 1.165) is 17.1 Å². The molecular weight excluding hydrogens is 505 g/mol. The molecule has 0 bridgehead atoms. The summed E-state index contributed by atoms with van der Waals surface area (Å²) in [5, 5.41) is 12.4. The van der Waals surface area contributed by atoms with Crippen molar-refractivity contribution in [1.29, 1.82) is 0 Å². The van der Waals surface area contributed by atoms with E-state index in [0.29, 0.717) is 25.0 Å². The predicted molar refractivity (Wildman–Crippen MR) is 133 cm³/mol. The average Bonchev–Trinajstić information content (AvgIpc) is 3.05. The lowest BCUT2D eigenvalue weighted by atomic mass is 9.68. The summed E-state index contributed by atoms with van der Waals surface area (Å²) >= 11 is 0. The Morgan fingerprint density at radius 1 is 1.00 bits per heavy atom. The molecule has 2 unspecified atom stereocenters. The Kier molecular flexibility index (Phi) is 7.39. The number of benzene rings is 2. The molecule has 0 radical (unpaired) electrons. The van der Waals surface area contributed by atoms with Gasteiger partial charge in [0.2, 0.25) is 5.91 Å². The molecule has 2 aromatic carbocycles. The number of carboxylic acids is 1. The summed E-state index contributed by atoms with van der Waals surface area (Å²) in [6, 6.07) is 9.04. The number of halogens is 4. The molecule has 1 aliphatic carbocycles. The minimum absolute atomic E-state index is 0.257. The summed E-state index contributed by atoms with van der Waals surface area (Å²) in [5.41, 5.74) is -1.13. The lowest BCUT2D eigenvalue weighted by Gasteiger charge is -2.35. The summed E-state index contributed by atoms with van der Waals surface area (Å²) in [4.78, 5) is 25.4. The minimum atomic E-state index is -4.73. The zero-order chi connectivity index (χ0) is 28.0. The fourth-order valence-electron chi connectivity index (χ4n) is 5.11. The second-order valence-corrected chi connectivity index (χ2v) is 10.9. The van der Waals surface area contributed by atoms with Crippen LogP contribution >= 0.6 is 0 Å².